The Morgan fingerprint density at radius 3 is 2.55 bits per heavy atom. The molecule has 2 heterocycles. The fourth-order valence-corrected chi connectivity index (χ4v) is 7.43. The number of aromatic hydroxyl groups is 1. The fourth-order valence-electron chi connectivity index (χ4n) is 6.86. The summed E-state index contributed by atoms with van der Waals surface area (Å²) in [7, 11) is 0. The lowest BCUT2D eigenvalue weighted by molar-refractivity contribution is -0.123. The number of carbonyl (C=O) groups excluding carboxylic acids is 4. The lowest BCUT2D eigenvalue weighted by Gasteiger charge is -2.43. The Bertz CT molecular complexity index is 1680. The van der Waals surface area contributed by atoms with E-state index in [1.165, 1.54) is 11.0 Å². The number of fused-ring (bicyclic) bond motifs is 4. The van der Waals surface area contributed by atoms with Gasteiger partial charge in [0, 0.05) is 40.1 Å². The van der Waals surface area contributed by atoms with E-state index < -0.39 is 23.7 Å². The number of anilines is 1. The summed E-state index contributed by atoms with van der Waals surface area (Å²) in [6.45, 7) is 0. The van der Waals surface area contributed by atoms with Crippen molar-refractivity contribution in [2.75, 3.05) is 4.90 Å². The number of rotatable bonds is 2. The van der Waals surface area contributed by atoms with Gasteiger partial charge in [-0.25, -0.2) is 0 Å². The number of phenolic OH excluding ortho intramolecular Hbond substituents is 1. The van der Waals surface area contributed by atoms with Crippen molar-refractivity contribution < 1.29 is 29.0 Å². The summed E-state index contributed by atoms with van der Waals surface area (Å²) in [5.74, 6) is -2.73. The number of hydrogen-bond donors (Lipinski definition) is 1. The maximum atomic E-state index is 13.9. The topological polar surface area (TPSA) is 101 Å². The molecule has 0 spiro atoms. The number of carbonyl (C=O) groups is 4. The van der Waals surface area contributed by atoms with Crippen molar-refractivity contribution in [3.8, 4) is 11.5 Å². The second kappa shape index (κ2) is 9.14. The molecule has 7 rings (SSSR count). The quantitative estimate of drug-likeness (QED) is 0.276. The number of ketones is 2. The molecule has 7 nitrogen and oxygen atoms in total. The number of phenols is 1. The Hall–Kier alpha value is -3.75. The highest BCUT2D eigenvalue weighted by Crippen LogP contribution is 2.55. The first-order valence-electron chi connectivity index (χ1n) is 12.9. The number of nitrogens with zero attached hydrogens (tertiary/aromatic N) is 1. The van der Waals surface area contributed by atoms with Gasteiger partial charge in [-0.1, -0.05) is 23.3 Å². The van der Waals surface area contributed by atoms with E-state index in [1.807, 2.05) is 6.08 Å². The van der Waals surface area contributed by atoms with Crippen LogP contribution in [-0.4, -0.2) is 28.5 Å². The Labute approximate surface area is 242 Å². The van der Waals surface area contributed by atoms with Gasteiger partial charge in [0.05, 0.1) is 28.3 Å². The molecule has 2 aromatic carbocycles. The van der Waals surface area contributed by atoms with E-state index in [9.17, 15) is 24.3 Å². The van der Waals surface area contributed by atoms with Gasteiger partial charge < -0.3 is 9.84 Å². The Balaban J connectivity index is 1.33. The first-order chi connectivity index (χ1) is 19.2. The van der Waals surface area contributed by atoms with Crippen LogP contribution in [-0.2, 0) is 25.6 Å². The molecule has 4 unspecified atom stereocenters. The molecule has 0 saturated carbocycles. The molecule has 3 aliphatic carbocycles. The van der Waals surface area contributed by atoms with Gasteiger partial charge >= 0.3 is 0 Å². The van der Waals surface area contributed by atoms with Crippen LogP contribution in [0.15, 0.2) is 87.7 Å². The highest BCUT2D eigenvalue weighted by Gasteiger charge is 2.57. The zero-order valence-corrected chi connectivity index (χ0v) is 23.2. The van der Waals surface area contributed by atoms with Crippen LogP contribution in [0.1, 0.15) is 18.4 Å². The molecule has 200 valence electrons. The number of Topliss-reactive ketones (excluding diaryl/α,β-unsaturated/α-hetero) is 1. The molecule has 1 fully saturated rings. The summed E-state index contributed by atoms with van der Waals surface area (Å²) in [5.41, 5.74) is 3.56. The largest absolute Gasteiger partial charge is 0.508 e. The zero-order valence-electron chi connectivity index (χ0n) is 20.9. The Kier molecular flexibility index (Phi) is 5.77. The molecule has 0 bridgehead atoms. The number of imide groups is 1. The van der Waals surface area contributed by atoms with E-state index in [0.29, 0.717) is 40.4 Å². The van der Waals surface area contributed by atoms with E-state index in [2.05, 4.69) is 15.9 Å². The van der Waals surface area contributed by atoms with Crippen LogP contribution in [0.25, 0.3) is 0 Å². The average molecular weight is 619 g/mol. The van der Waals surface area contributed by atoms with E-state index in [4.69, 9.17) is 16.3 Å². The molecule has 5 aliphatic rings. The van der Waals surface area contributed by atoms with Crippen LogP contribution < -0.4 is 9.64 Å². The normalized spacial score (nSPS) is 27.2. The SMILES string of the molecule is O=C1C=C(Br)C(=O)C2=C1C(C1=COc3ccc(O)cc3C1)C1=CCC3C(=O)N(c4ccc(Cl)cc4)C(=O)C3C1C2. The number of allylic oxidation sites excluding steroid dienone is 7. The minimum Gasteiger partial charge on any atom is -0.508 e. The van der Waals surface area contributed by atoms with Crippen LogP contribution in [0.2, 0.25) is 5.02 Å². The van der Waals surface area contributed by atoms with Crippen molar-refractivity contribution in [1.82, 2.24) is 0 Å². The molecule has 9 heteroatoms. The summed E-state index contributed by atoms with van der Waals surface area (Å²) in [6.07, 6.45) is 5.80. The van der Waals surface area contributed by atoms with Gasteiger partial charge in [-0.05, 0) is 82.7 Å². The number of halogens is 2. The van der Waals surface area contributed by atoms with Crippen LogP contribution in [0.3, 0.4) is 0 Å². The van der Waals surface area contributed by atoms with E-state index in [-0.39, 0.29) is 40.0 Å². The number of benzene rings is 2. The van der Waals surface area contributed by atoms with Crippen LogP contribution >= 0.6 is 27.5 Å². The molecule has 2 amide bonds. The predicted octanol–water partition coefficient (Wildman–Crippen LogP) is 5.36. The van der Waals surface area contributed by atoms with E-state index in [0.717, 1.165) is 16.7 Å². The third-order valence-electron chi connectivity index (χ3n) is 8.56. The molecule has 0 aromatic heterocycles. The number of amides is 2. The third kappa shape index (κ3) is 3.69. The van der Waals surface area contributed by atoms with Gasteiger partial charge in [0.25, 0.3) is 0 Å². The van der Waals surface area contributed by atoms with E-state index in [1.54, 1.807) is 48.7 Å². The van der Waals surface area contributed by atoms with Crippen molar-refractivity contribution in [2.24, 2.45) is 23.7 Å². The van der Waals surface area contributed by atoms with Gasteiger partial charge in [-0.15, -0.1) is 0 Å². The van der Waals surface area contributed by atoms with Crippen LogP contribution in [0, 0.1) is 23.7 Å². The van der Waals surface area contributed by atoms with Gasteiger partial charge in [0.15, 0.2) is 11.6 Å². The molecule has 40 heavy (non-hydrogen) atoms. The minimum absolute atomic E-state index is 0.0953. The summed E-state index contributed by atoms with van der Waals surface area (Å²) < 4.78 is 6.09. The highest BCUT2D eigenvalue weighted by atomic mass is 79.9. The third-order valence-corrected chi connectivity index (χ3v) is 9.40. The zero-order chi connectivity index (χ0) is 27.9. The predicted molar refractivity (Wildman–Crippen MR) is 150 cm³/mol. The molecule has 0 radical (unpaired) electrons. The Morgan fingerprint density at radius 2 is 1.77 bits per heavy atom. The standard InChI is InChI=1S/C31H21BrClNO6/c32-23-12-24(36)28-22(29(23)37)11-21-19(26(28)15-9-14-10-18(35)5-8-25(14)40-13-15)6-7-20-27(21)31(39)34(30(20)38)17-3-1-16(33)2-4-17/h1-6,8,10,12-13,20-21,26-27,35H,7,9,11H2. The van der Waals surface area contributed by atoms with Crippen LogP contribution in [0.5, 0.6) is 11.5 Å². The highest BCUT2D eigenvalue weighted by molar-refractivity contribution is 9.12. The first kappa shape index (κ1) is 25.2. The summed E-state index contributed by atoms with van der Waals surface area (Å²) in [6, 6.07) is 11.4. The van der Waals surface area contributed by atoms with Crippen LogP contribution in [0.4, 0.5) is 5.69 Å². The van der Waals surface area contributed by atoms with Crippen molar-refractivity contribution >= 4 is 56.6 Å². The molecule has 2 aliphatic heterocycles. The van der Waals surface area contributed by atoms with Gasteiger partial charge in [-0.3, -0.25) is 24.1 Å². The molecule has 2 aromatic rings. The van der Waals surface area contributed by atoms with Crippen molar-refractivity contribution in [3.05, 3.63) is 98.2 Å². The maximum absolute atomic E-state index is 13.9. The molecule has 4 atom stereocenters. The van der Waals surface area contributed by atoms with Gasteiger partial charge in [0.2, 0.25) is 11.8 Å². The summed E-state index contributed by atoms with van der Waals surface area (Å²) >= 11 is 9.29. The number of hydrogen-bond acceptors (Lipinski definition) is 6. The van der Waals surface area contributed by atoms with Crippen molar-refractivity contribution in [2.45, 2.75) is 19.3 Å². The summed E-state index contributed by atoms with van der Waals surface area (Å²) in [4.78, 5) is 55.5. The van der Waals surface area contributed by atoms with Crippen molar-refractivity contribution in [1.29, 1.82) is 0 Å². The van der Waals surface area contributed by atoms with Gasteiger partial charge in [0.1, 0.15) is 11.5 Å². The maximum Gasteiger partial charge on any atom is 0.238 e. The van der Waals surface area contributed by atoms with E-state index >= 15 is 0 Å². The minimum atomic E-state index is -0.672. The monoisotopic (exact) mass is 617 g/mol. The fraction of sp³-hybridized carbons (Fsp3) is 0.226. The second-order valence-electron chi connectivity index (χ2n) is 10.7. The average Bonchev–Trinajstić information content (AvgIpc) is 3.20. The van der Waals surface area contributed by atoms with Gasteiger partial charge in [-0.2, -0.15) is 0 Å². The lowest BCUT2D eigenvalue weighted by atomic mass is 9.59. The van der Waals surface area contributed by atoms with Crippen molar-refractivity contribution in [3.63, 3.8) is 0 Å². The molecular weight excluding hydrogens is 598 g/mol. The smallest absolute Gasteiger partial charge is 0.238 e. The Morgan fingerprint density at radius 1 is 1.00 bits per heavy atom. The first-order valence-corrected chi connectivity index (χ1v) is 14.1. The molecule has 1 N–H and O–H groups in total. The molecule has 1 saturated heterocycles. The second-order valence-corrected chi connectivity index (χ2v) is 12.0. The molecular formula is C31H21BrClNO6. The number of ether oxygens (including phenoxy) is 1. The lowest BCUT2D eigenvalue weighted by Crippen LogP contribution is -2.41. The summed E-state index contributed by atoms with van der Waals surface area (Å²) in [5, 5.41) is 10.6.